The summed E-state index contributed by atoms with van der Waals surface area (Å²) in [6, 6.07) is 0. The summed E-state index contributed by atoms with van der Waals surface area (Å²) < 4.78 is 5.67. The highest BCUT2D eigenvalue weighted by Gasteiger charge is 2.46. The minimum Gasteiger partial charge on any atom is -0.367 e. The van der Waals surface area contributed by atoms with Crippen LogP contribution in [0.15, 0.2) is 142 Å². The molecule has 1 saturated heterocycles. The summed E-state index contributed by atoms with van der Waals surface area (Å²) in [6.45, 7) is 21.5. The van der Waals surface area contributed by atoms with E-state index in [2.05, 4.69) is 173 Å². The summed E-state index contributed by atoms with van der Waals surface area (Å²) in [6.07, 6.45) is 41.4. The molecule has 0 saturated carbocycles. The predicted octanol–water partition coefficient (Wildman–Crippen LogP) is 12.1. The normalized spacial score (nSPS) is 19.6. The lowest BCUT2D eigenvalue weighted by Crippen LogP contribution is -2.02. The van der Waals surface area contributed by atoms with Crippen LogP contribution in [0.25, 0.3) is 0 Å². The second-order valence-corrected chi connectivity index (χ2v) is 12.1. The van der Waals surface area contributed by atoms with Crippen molar-refractivity contribution in [1.82, 2.24) is 0 Å². The minimum atomic E-state index is 0.0919. The third-order valence-corrected chi connectivity index (χ3v) is 6.80. The Morgan fingerprint density at radius 3 is 1.29 bits per heavy atom. The van der Waals surface area contributed by atoms with Crippen LogP contribution >= 0.6 is 0 Å². The first kappa shape index (κ1) is 35.9. The zero-order valence-corrected chi connectivity index (χ0v) is 27.6. The fourth-order valence-electron chi connectivity index (χ4n) is 3.92. The summed E-state index contributed by atoms with van der Waals surface area (Å²) in [5, 5.41) is 0. The van der Waals surface area contributed by atoms with Gasteiger partial charge in [0.1, 0.15) is 0 Å². The minimum absolute atomic E-state index is 0.0919. The van der Waals surface area contributed by atoms with Gasteiger partial charge in [0.2, 0.25) is 0 Å². The Bertz CT molecular complexity index is 1190. The van der Waals surface area contributed by atoms with Crippen LogP contribution in [0.3, 0.4) is 0 Å². The van der Waals surface area contributed by atoms with E-state index in [4.69, 9.17) is 4.74 Å². The van der Waals surface area contributed by atoms with E-state index < -0.39 is 0 Å². The van der Waals surface area contributed by atoms with Gasteiger partial charge in [-0.05, 0) is 94.9 Å². The second-order valence-electron chi connectivity index (χ2n) is 12.1. The summed E-state index contributed by atoms with van der Waals surface area (Å²) >= 11 is 0. The molecule has 0 aliphatic carbocycles. The molecule has 1 atom stereocenters. The molecule has 41 heavy (non-hydrogen) atoms. The monoisotopic (exact) mass is 552 g/mol. The second kappa shape index (κ2) is 19.8. The number of rotatable bonds is 16. The van der Waals surface area contributed by atoms with E-state index in [1.807, 2.05) is 0 Å². The zero-order valence-electron chi connectivity index (χ0n) is 27.6. The number of ether oxygens (including phenoxy) is 1. The zero-order chi connectivity index (χ0) is 30.7. The van der Waals surface area contributed by atoms with Crippen molar-refractivity contribution in [1.29, 1.82) is 0 Å². The molecule has 0 aromatic rings. The van der Waals surface area contributed by atoms with E-state index in [9.17, 15) is 0 Å². The molecule has 0 N–H and O–H groups in total. The summed E-state index contributed by atoms with van der Waals surface area (Å²) in [5.74, 6) is 0. The largest absolute Gasteiger partial charge is 0.367 e. The van der Waals surface area contributed by atoms with Crippen molar-refractivity contribution in [2.24, 2.45) is 0 Å². The van der Waals surface area contributed by atoms with Gasteiger partial charge in [-0.15, -0.1) is 0 Å². The summed E-state index contributed by atoms with van der Waals surface area (Å²) in [5.41, 5.74) is 9.17. The Morgan fingerprint density at radius 2 is 0.902 bits per heavy atom. The molecule has 1 aliphatic heterocycles. The molecule has 0 spiro atoms. The fraction of sp³-hybridized carbons (Fsp3) is 0.400. The molecule has 0 amide bonds. The van der Waals surface area contributed by atoms with E-state index in [1.165, 1.54) is 39.0 Å². The van der Waals surface area contributed by atoms with Gasteiger partial charge in [-0.3, -0.25) is 0 Å². The number of epoxide rings is 1. The first-order chi connectivity index (χ1) is 19.4. The molecule has 1 heterocycles. The van der Waals surface area contributed by atoms with Gasteiger partial charge in [-0.25, -0.2) is 0 Å². The molecule has 0 unspecified atom stereocenters. The number of hydrogen-bond donors (Lipinski definition) is 0. The lowest BCUT2D eigenvalue weighted by Gasteiger charge is -1.98. The SMILES string of the molecule is CC(C)=CCC/C(C)=C/C=C/C(C)=C/C=C/C(C)=C/C=C/C=C(C)/C=C/C=C(C)/C=C/C=C(\C)CC[C@@H]1OC1(C)C. The lowest BCUT2D eigenvalue weighted by atomic mass is 10.0. The Morgan fingerprint density at radius 1 is 0.537 bits per heavy atom. The first-order valence-corrected chi connectivity index (χ1v) is 15.1. The quantitative estimate of drug-likeness (QED) is 0.105. The molecular weight excluding hydrogens is 496 g/mol. The molecule has 222 valence electrons. The molecule has 1 nitrogen and oxygen atoms in total. The Labute approximate surface area is 253 Å². The van der Waals surface area contributed by atoms with Crippen LogP contribution in [0.5, 0.6) is 0 Å². The highest BCUT2D eigenvalue weighted by atomic mass is 16.6. The Hall–Kier alpha value is -3.16. The Balaban J connectivity index is 2.45. The molecule has 0 aromatic carbocycles. The maximum absolute atomic E-state index is 5.67. The van der Waals surface area contributed by atoms with Gasteiger partial charge >= 0.3 is 0 Å². The number of allylic oxidation sites excluding steroid dienone is 24. The maximum Gasteiger partial charge on any atom is 0.0892 e. The van der Waals surface area contributed by atoms with E-state index in [0.717, 1.165) is 25.7 Å². The summed E-state index contributed by atoms with van der Waals surface area (Å²) in [4.78, 5) is 0. The third kappa shape index (κ3) is 19.5. The fourth-order valence-corrected chi connectivity index (χ4v) is 3.92. The van der Waals surface area contributed by atoms with Crippen molar-refractivity contribution in [2.75, 3.05) is 0 Å². The molecule has 1 rings (SSSR count). The van der Waals surface area contributed by atoms with Crippen molar-refractivity contribution in [3.05, 3.63) is 142 Å². The van der Waals surface area contributed by atoms with Crippen LogP contribution < -0.4 is 0 Å². The third-order valence-electron chi connectivity index (χ3n) is 6.80. The van der Waals surface area contributed by atoms with Crippen LogP contribution in [0, 0.1) is 0 Å². The van der Waals surface area contributed by atoms with Crippen LogP contribution in [0.4, 0.5) is 0 Å². The highest BCUT2D eigenvalue weighted by Crippen LogP contribution is 2.38. The van der Waals surface area contributed by atoms with Crippen molar-refractivity contribution in [3.8, 4) is 0 Å². The molecule has 1 aliphatic rings. The van der Waals surface area contributed by atoms with Crippen molar-refractivity contribution >= 4 is 0 Å². The van der Waals surface area contributed by atoms with Gasteiger partial charge in [0, 0.05) is 0 Å². The summed E-state index contributed by atoms with van der Waals surface area (Å²) in [7, 11) is 0. The standard InChI is InChI=1S/C40H56O/c1-32(2)18-13-21-35(5)24-16-27-36(6)25-14-22-33(3)19-11-12-20-34(4)23-15-26-37(7)28-17-29-38(8)30-31-39-40(9,10)41-39/h11-12,14-20,22-29,39H,13,21,30-31H2,1-10H3/b12-11+,22-14+,23-15+,27-16+,28-17+,33-19+,34-20+,35-24+,36-25+,37-26+,38-29+/t39-/m0/s1. The van der Waals surface area contributed by atoms with Gasteiger partial charge in [0.15, 0.2) is 0 Å². The molecular formula is C40H56O. The van der Waals surface area contributed by atoms with Crippen LogP contribution in [-0.4, -0.2) is 11.7 Å². The van der Waals surface area contributed by atoms with Gasteiger partial charge in [-0.1, -0.05) is 142 Å². The predicted molar refractivity (Wildman–Crippen MR) is 185 cm³/mol. The molecule has 1 heteroatoms. The van der Waals surface area contributed by atoms with Crippen molar-refractivity contribution in [2.45, 2.75) is 107 Å². The Kier molecular flexibility index (Phi) is 17.4. The van der Waals surface area contributed by atoms with Crippen LogP contribution in [0.2, 0.25) is 0 Å². The lowest BCUT2D eigenvalue weighted by molar-refractivity contribution is 0.320. The molecule has 0 bridgehead atoms. The van der Waals surface area contributed by atoms with Gasteiger partial charge in [0.25, 0.3) is 0 Å². The average molecular weight is 553 g/mol. The van der Waals surface area contributed by atoms with E-state index in [-0.39, 0.29) is 5.60 Å². The van der Waals surface area contributed by atoms with Gasteiger partial charge in [0.05, 0.1) is 11.7 Å². The van der Waals surface area contributed by atoms with E-state index in [0.29, 0.717) is 6.10 Å². The number of hydrogen-bond acceptors (Lipinski definition) is 1. The smallest absolute Gasteiger partial charge is 0.0892 e. The molecule has 0 aromatic heterocycles. The average Bonchev–Trinajstić information content (AvgIpc) is 3.51. The van der Waals surface area contributed by atoms with Crippen LogP contribution in [0.1, 0.15) is 94.9 Å². The van der Waals surface area contributed by atoms with Crippen LogP contribution in [-0.2, 0) is 4.74 Å². The topological polar surface area (TPSA) is 12.5 Å². The van der Waals surface area contributed by atoms with Gasteiger partial charge in [-0.2, -0.15) is 0 Å². The highest BCUT2D eigenvalue weighted by molar-refractivity contribution is 5.32. The van der Waals surface area contributed by atoms with Crippen molar-refractivity contribution in [3.63, 3.8) is 0 Å². The van der Waals surface area contributed by atoms with E-state index in [1.54, 1.807) is 0 Å². The maximum atomic E-state index is 5.67. The van der Waals surface area contributed by atoms with Crippen molar-refractivity contribution < 1.29 is 4.74 Å². The van der Waals surface area contributed by atoms with E-state index >= 15 is 0 Å². The molecule has 0 radical (unpaired) electrons. The first-order valence-electron chi connectivity index (χ1n) is 15.1. The van der Waals surface area contributed by atoms with Gasteiger partial charge < -0.3 is 4.74 Å². The molecule has 1 fully saturated rings.